The van der Waals surface area contributed by atoms with Crippen LogP contribution in [0.15, 0.2) is 47.3 Å². The molecule has 2 atom stereocenters. The van der Waals surface area contributed by atoms with E-state index in [1.54, 1.807) is 17.4 Å². The van der Waals surface area contributed by atoms with Gasteiger partial charge in [-0.05, 0) is 48.8 Å². The van der Waals surface area contributed by atoms with Gasteiger partial charge < -0.3 is 4.42 Å². The number of fused-ring (bicyclic) bond motifs is 2. The van der Waals surface area contributed by atoms with Crippen LogP contribution in [0.4, 0.5) is 0 Å². The Morgan fingerprint density at radius 2 is 1.90 bits per heavy atom. The maximum Gasteiger partial charge on any atom is 0.0947 e. The predicted octanol–water partition coefficient (Wildman–Crippen LogP) is 3.66. The second-order valence-corrected chi connectivity index (χ2v) is 6.34. The van der Waals surface area contributed by atoms with Crippen LogP contribution >= 0.6 is 0 Å². The molecule has 2 bridgehead atoms. The van der Waals surface area contributed by atoms with Gasteiger partial charge in [0.2, 0.25) is 0 Å². The fourth-order valence-corrected chi connectivity index (χ4v) is 3.91. The molecule has 1 aromatic heterocycles. The third kappa shape index (κ3) is 2.29. The Morgan fingerprint density at radius 3 is 2.70 bits per heavy atom. The number of hydrogen-bond acceptors (Lipinski definition) is 2. The minimum Gasteiger partial charge on any atom is -0.472 e. The zero-order valence-corrected chi connectivity index (χ0v) is 11.8. The highest BCUT2D eigenvalue weighted by molar-refractivity contribution is 5.30. The number of hydrogen-bond donors (Lipinski definition) is 0. The highest BCUT2D eigenvalue weighted by atomic mass is 16.3. The Bertz CT molecular complexity index is 575. The highest BCUT2D eigenvalue weighted by Gasteiger charge is 2.31. The van der Waals surface area contributed by atoms with E-state index in [2.05, 4.69) is 35.2 Å². The zero-order chi connectivity index (χ0) is 13.4. The largest absolute Gasteiger partial charge is 0.472 e. The van der Waals surface area contributed by atoms with Gasteiger partial charge in [-0.1, -0.05) is 24.3 Å². The minimum atomic E-state index is 0.697. The molecule has 1 aliphatic carbocycles. The van der Waals surface area contributed by atoms with Crippen molar-refractivity contribution >= 4 is 0 Å². The predicted molar refractivity (Wildman–Crippen MR) is 79.5 cm³/mol. The lowest BCUT2D eigenvalue weighted by molar-refractivity contribution is 0.0936. The number of piperidine rings is 1. The summed E-state index contributed by atoms with van der Waals surface area (Å²) in [5, 5.41) is 0. The van der Waals surface area contributed by atoms with E-state index in [1.807, 2.05) is 6.26 Å². The molecule has 2 aliphatic heterocycles. The van der Waals surface area contributed by atoms with Crippen LogP contribution in [0.3, 0.4) is 0 Å². The molecule has 0 saturated carbocycles. The fourth-order valence-electron chi connectivity index (χ4n) is 3.91. The van der Waals surface area contributed by atoms with E-state index in [-0.39, 0.29) is 0 Å². The van der Waals surface area contributed by atoms with E-state index in [9.17, 15) is 0 Å². The molecule has 3 aliphatic rings. The molecule has 5 rings (SSSR count). The summed E-state index contributed by atoms with van der Waals surface area (Å²) in [5.41, 5.74) is 4.47. The molecule has 1 aromatic carbocycles. The molecular weight excluding hydrogens is 246 g/mol. The standard InChI is InChI=1S/C18H21NO/c1-2-4-17-10-18-6-5-14(9-16(17)3-1)11-19(18)12-15-7-8-20-13-15/h1-4,7-8,13-14,18H,5-6,9-12H2. The van der Waals surface area contributed by atoms with Gasteiger partial charge in [0.1, 0.15) is 0 Å². The van der Waals surface area contributed by atoms with Crippen molar-refractivity contribution in [2.75, 3.05) is 6.54 Å². The first kappa shape index (κ1) is 12.2. The highest BCUT2D eigenvalue weighted by Crippen LogP contribution is 2.32. The smallest absolute Gasteiger partial charge is 0.0947 e. The van der Waals surface area contributed by atoms with Gasteiger partial charge in [-0.15, -0.1) is 0 Å². The van der Waals surface area contributed by atoms with Gasteiger partial charge in [-0.2, -0.15) is 0 Å². The maximum absolute atomic E-state index is 5.22. The second-order valence-electron chi connectivity index (χ2n) is 6.34. The topological polar surface area (TPSA) is 16.4 Å². The van der Waals surface area contributed by atoms with Gasteiger partial charge >= 0.3 is 0 Å². The molecule has 1 saturated heterocycles. The number of furan rings is 1. The summed E-state index contributed by atoms with van der Waals surface area (Å²) in [6.45, 7) is 2.28. The van der Waals surface area contributed by atoms with Crippen LogP contribution in [0.25, 0.3) is 0 Å². The summed E-state index contributed by atoms with van der Waals surface area (Å²) in [7, 11) is 0. The second kappa shape index (κ2) is 5.10. The van der Waals surface area contributed by atoms with E-state index in [1.165, 1.54) is 37.8 Å². The van der Waals surface area contributed by atoms with Crippen LogP contribution in [0, 0.1) is 5.92 Å². The average Bonchev–Trinajstić information content (AvgIpc) is 2.93. The van der Waals surface area contributed by atoms with Gasteiger partial charge in [0.15, 0.2) is 0 Å². The van der Waals surface area contributed by atoms with E-state index in [4.69, 9.17) is 4.42 Å². The molecule has 20 heavy (non-hydrogen) atoms. The molecule has 2 heteroatoms. The lowest BCUT2D eigenvalue weighted by atomic mass is 9.80. The van der Waals surface area contributed by atoms with Gasteiger partial charge in [-0.3, -0.25) is 4.90 Å². The number of benzene rings is 1. The third-order valence-corrected chi connectivity index (χ3v) is 4.97. The van der Waals surface area contributed by atoms with Crippen molar-refractivity contribution in [2.45, 2.75) is 38.3 Å². The van der Waals surface area contributed by atoms with Crippen LogP contribution in [-0.2, 0) is 19.4 Å². The molecule has 3 heterocycles. The van der Waals surface area contributed by atoms with E-state index < -0.39 is 0 Å². The molecule has 1 fully saturated rings. The summed E-state index contributed by atoms with van der Waals surface area (Å²) < 4.78 is 5.22. The number of rotatable bonds is 2. The monoisotopic (exact) mass is 267 g/mol. The maximum atomic E-state index is 5.22. The zero-order valence-electron chi connectivity index (χ0n) is 11.8. The quantitative estimate of drug-likeness (QED) is 0.825. The van der Waals surface area contributed by atoms with Gasteiger partial charge in [0.25, 0.3) is 0 Å². The first-order chi connectivity index (χ1) is 9.88. The van der Waals surface area contributed by atoms with Crippen molar-refractivity contribution in [1.82, 2.24) is 4.90 Å². The Kier molecular flexibility index (Phi) is 3.12. The van der Waals surface area contributed by atoms with Crippen molar-refractivity contribution in [1.29, 1.82) is 0 Å². The number of nitrogens with zero attached hydrogens (tertiary/aromatic N) is 1. The molecule has 2 nitrogen and oxygen atoms in total. The van der Waals surface area contributed by atoms with E-state index >= 15 is 0 Å². The van der Waals surface area contributed by atoms with Crippen molar-refractivity contribution in [3.8, 4) is 0 Å². The Balaban J connectivity index is 1.60. The lowest BCUT2D eigenvalue weighted by Gasteiger charge is -2.42. The van der Waals surface area contributed by atoms with Crippen molar-refractivity contribution in [2.24, 2.45) is 5.92 Å². The van der Waals surface area contributed by atoms with Crippen LogP contribution < -0.4 is 0 Å². The summed E-state index contributed by atoms with van der Waals surface area (Å²) in [6, 6.07) is 11.8. The average molecular weight is 267 g/mol. The fraction of sp³-hybridized carbons (Fsp3) is 0.444. The van der Waals surface area contributed by atoms with Crippen LogP contribution in [0.1, 0.15) is 29.5 Å². The van der Waals surface area contributed by atoms with Gasteiger partial charge in [0, 0.05) is 24.7 Å². The van der Waals surface area contributed by atoms with Crippen molar-refractivity contribution in [3.05, 3.63) is 59.5 Å². The third-order valence-electron chi connectivity index (χ3n) is 4.97. The van der Waals surface area contributed by atoms with Gasteiger partial charge in [0.05, 0.1) is 12.5 Å². The summed E-state index contributed by atoms with van der Waals surface area (Å²) in [5.74, 6) is 0.819. The van der Waals surface area contributed by atoms with E-state index in [0.717, 1.165) is 12.5 Å². The molecule has 2 unspecified atom stereocenters. The summed E-state index contributed by atoms with van der Waals surface area (Å²) in [4.78, 5) is 2.68. The molecule has 104 valence electrons. The first-order valence-corrected chi connectivity index (χ1v) is 7.70. The summed E-state index contributed by atoms with van der Waals surface area (Å²) in [6.07, 6.45) is 8.87. The normalized spacial score (nSPS) is 26.0. The van der Waals surface area contributed by atoms with Crippen LogP contribution in [0.2, 0.25) is 0 Å². The van der Waals surface area contributed by atoms with Crippen molar-refractivity contribution in [3.63, 3.8) is 0 Å². The lowest BCUT2D eigenvalue weighted by Crippen LogP contribution is -2.46. The Hall–Kier alpha value is -1.54. The molecule has 0 amide bonds. The molecular formula is C18H21NO. The molecule has 0 spiro atoms. The molecule has 2 aromatic rings. The Labute approximate surface area is 120 Å². The van der Waals surface area contributed by atoms with Crippen molar-refractivity contribution < 1.29 is 4.42 Å². The Morgan fingerprint density at radius 1 is 1.05 bits per heavy atom. The minimum absolute atomic E-state index is 0.697. The van der Waals surface area contributed by atoms with Crippen LogP contribution in [0.5, 0.6) is 0 Å². The molecule has 0 N–H and O–H groups in total. The first-order valence-electron chi connectivity index (χ1n) is 7.70. The van der Waals surface area contributed by atoms with Gasteiger partial charge in [-0.25, -0.2) is 0 Å². The molecule has 0 radical (unpaired) electrons. The van der Waals surface area contributed by atoms with E-state index in [0.29, 0.717) is 6.04 Å². The SMILES string of the molecule is c1ccc2c(c1)CC1CCC(C2)N(Cc2ccoc2)C1. The van der Waals surface area contributed by atoms with Crippen LogP contribution in [-0.4, -0.2) is 17.5 Å². The summed E-state index contributed by atoms with van der Waals surface area (Å²) >= 11 is 0.